The molecule has 0 aromatic carbocycles. The molecule has 0 spiro atoms. The molecule has 0 aliphatic heterocycles. The first-order valence-electron chi connectivity index (χ1n) is 5.04. The molecular weight excluding hydrogens is 206 g/mol. The van der Waals surface area contributed by atoms with Gasteiger partial charge in [-0.3, -0.25) is 4.79 Å². The van der Waals surface area contributed by atoms with Gasteiger partial charge in [0.2, 0.25) is 0 Å². The van der Waals surface area contributed by atoms with Gasteiger partial charge in [0, 0.05) is 4.88 Å². The molecule has 1 amide bonds. The molecule has 1 unspecified atom stereocenters. The van der Waals surface area contributed by atoms with Crippen molar-refractivity contribution in [2.75, 3.05) is 0 Å². The summed E-state index contributed by atoms with van der Waals surface area (Å²) in [5.74, 6) is 4.91. The van der Waals surface area contributed by atoms with E-state index in [-0.39, 0.29) is 11.9 Å². The topological polar surface area (TPSA) is 29.1 Å². The zero-order valence-corrected chi connectivity index (χ0v) is 9.86. The van der Waals surface area contributed by atoms with Crippen LogP contribution in [0.1, 0.15) is 37.6 Å². The van der Waals surface area contributed by atoms with E-state index in [1.807, 2.05) is 17.5 Å². The van der Waals surface area contributed by atoms with Gasteiger partial charge in [-0.25, -0.2) is 0 Å². The van der Waals surface area contributed by atoms with Gasteiger partial charge in [-0.05, 0) is 30.7 Å². The Morgan fingerprint density at radius 1 is 1.67 bits per heavy atom. The standard InChI is InChI=1S/C12H15NOS/c1-3-6-10(11-8-5-9-15-11)13-12(14)7-4-2/h5,8-10H,3,6H2,1-2H3,(H,13,14). The predicted octanol–water partition coefficient (Wildman–Crippen LogP) is 2.73. The van der Waals surface area contributed by atoms with Crippen LogP contribution in [0.4, 0.5) is 0 Å². The summed E-state index contributed by atoms with van der Waals surface area (Å²) in [5.41, 5.74) is 0. The van der Waals surface area contributed by atoms with E-state index in [0.29, 0.717) is 0 Å². The maximum Gasteiger partial charge on any atom is 0.296 e. The predicted molar refractivity (Wildman–Crippen MR) is 63.6 cm³/mol. The Bertz CT molecular complexity index is 359. The Morgan fingerprint density at radius 3 is 3.00 bits per heavy atom. The maximum atomic E-state index is 11.3. The average molecular weight is 221 g/mol. The number of carbonyl (C=O) groups excluding carboxylic acids is 1. The molecule has 0 saturated carbocycles. The lowest BCUT2D eigenvalue weighted by Crippen LogP contribution is -2.26. The number of amides is 1. The van der Waals surface area contributed by atoms with Crippen LogP contribution in [0.15, 0.2) is 17.5 Å². The van der Waals surface area contributed by atoms with Gasteiger partial charge in [-0.15, -0.1) is 11.3 Å². The number of rotatable bonds is 4. The number of carbonyl (C=O) groups is 1. The van der Waals surface area contributed by atoms with Crippen molar-refractivity contribution in [3.8, 4) is 11.8 Å². The lowest BCUT2D eigenvalue weighted by Gasteiger charge is -2.14. The van der Waals surface area contributed by atoms with Crippen molar-refractivity contribution in [2.24, 2.45) is 0 Å². The summed E-state index contributed by atoms with van der Waals surface area (Å²) in [6.07, 6.45) is 2.00. The second kappa shape index (κ2) is 6.26. The second-order valence-electron chi connectivity index (χ2n) is 3.21. The average Bonchev–Trinajstić information content (AvgIpc) is 2.70. The van der Waals surface area contributed by atoms with Crippen LogP contribution in [0.5, 0.6) is 0 Å². The maximum absolute atomic E-state index is 11.3. The molecular formula is C12H15NOS. The highest BCUT2D eigenvalue weighted by Crippen LogP contribution is 2.22. The molecule has 1 aromatic heterocycles. The number of hydrogen-bond acceptors (Lipinski definition) is 2. The summed E-state index contributed by atoms with van der Waals surface area (Å²) in [7, 11) is 0. The van der Waals surface area contributed by atoms with E-state index in [1.54, 1.807) is 18.3 Å². The Kier molecular flexibility index (Phi) is 4.92. The summed E-state index contributed by atoms with van der Waals surface area (Å²) < 4.78 is 0. The van der Waals surface area contributed by atoms with Crippen molar-refractivity contribution < 1.29 is 4.79 Å². The van der Waals surface area contributed by atoms with Gasteiger partial charge >= 0.3 is 0 Å². The van der Waals surface area contributed by atoms with Crippen LogP contribution in [0.25, 0.3) is 0 Å². The van der Waals surface area contributed by atoms with Gasteiger partial charge in [-0.1, -0.05) is 25.3 Å². The molecule has 1 N–H and O–H groups in total. The molecule has 0 radical (unpaired) electrons. The second-order valence-corrected chi connectivity index (χ2v) is 4.18. The van der Waals surface area contributed by atoms with E-state index in [9.17, 15) is 4.79 Å². The minimum absolute atomic E-state index is 0.114. The third kappa shape index (κ3) is 3.77. The fourth-order valence-electron chi connectivity index (χ4n) is 1.37. The van der Waals surface area contributed by atoms with Crippen LogP contribution in [-0.2, 0) is 4.79 Å². The van der Waals surface area contributed by atoms with Gasteiger partial charge < -0.3 is 5.32 Å². The Morgan fingerprint density at radius 2 is 2.47 bits per heavy atom. The molecule has 1 aromatic rings. The van der Waals surface area contributed by atoms with Crippen LogP contribution >= 0.6 is 11.3 Å². The SMILES string of the molecule is CC#CC(=O)NC(CCC)c1cccs1. The molecule has 0 fully saturated rings. The molecule has 0 aliphatic rings. The minimum Gasteiger partial charge on any atom is -0.338 e. The van der Waals surface area contributed by atoms with Gasteiger partial charge in [-0.2, -0.15) is 0 Å². The lowest BCUT2D eigenvalue weighted by molar-refractivity contribution is -0.116. The van der Waals surface area contributed by atoms with Gasteiger partial charge in [0.05, 0.1) is 6.04 Å². The third-order valence-corrected chi connectivity index (χ3v) is 2.99. The number of nitrogens with one attached hydrogen (secondary N) is 1. The Labute approximate surface area is 94.7 Å². The number of hydrogen-bond donors (Lipinski definition) is 1. The molecule has 2 nitrogen and oxygen atoms in total. The van der Waals surface area contributed by atoms with E-state index in [2.05, 4.69) is 24.1 Å². The molecule has 1 rings (SSSR count). The van der Waals surface area contributed by atoms with Crippen LogP contribution < -0.4 is 5.32 Å². The molecule has 1 atom stereocenters. The van der Waals surface area contributed by atoms with Crippen molar-refractivity contribution in [3.63, 3.8) is 0 Å². The Hall–Kier alpha value is -1.27. The molecule has 1 heterocycles. The molecule has 0 aliphatic carbocycles. The highest BCUT2D eigenvalue weighted by molar-refractivity contribution is 7.10. The van der Waals surface area contributed by atoms with Gasteiger partial charge in [0.15, 0.2) is 0 Å². The fraction of sp³-hybridized carbons (Fsp3) is 0.417. The van der Waals surface area contributed by atoms with Gasteiger partial charge in [0.25, 0.3) is 5.91 Å². The highest BCUT2D eigenvalue weighted by Gasteiger charge is 2.12. The molecule has 15 heavy (non-hydrogen) atoms. The summed E-state index contributed by atoms with van der Waals surface area (Å²) >= 11 is 1.67. The zero-order chi connectivity index (χ0) is 11.1. The van der Waals surface area contributed by atoms with Gasteiger partial charge in [0.1, 0.15) is 0 Å². The molecule has 0 bridgehead atoms. The van der Waals surface area contributed by atoms with Crippen LogP contribution in [0.3, 0.4) is 0 Å². The van der Waals surface area contributed by atoms with E-state index in [0.717, 1.165) is 12.8 Å². The van der Waals surface area contributed by atoms with Crippen molar-refractivity contribution in [1.29, 1.82) is 0 Å². The van der Waals surface area contributed by atoms with Crippen LogP contribution in [0.2, 0.25) is 0 Å². The first-order valence-corrected chi connectivity index (χ1v) is 5.92. The number of thiophene rings is 1. The normalized spacial score (nSPS) is 11.3. The van der Waals surface area contributed by atoms with Crippen LogP contribution in [0, 0.1) is 11.8 Å². The van der Waals surface area contributed by atoms with Crippen molar-refractivity contribution in [1.82, 2.24) is 5.32 Å². The third-order valence-electron chi connectivity index (χ3n) is 2.01. The minimum atomic E-state index is -0.190. The summed E-state index contributed by atoms with van der Waals surface area (Å²) in [6.45, 7) is 3.78. The van der Waals surface area contributed by atoms with Crippen molar-refractivity contribution in [2.45, 2.75) is 32.7 Å². The molecule has 0 saturated heterocycles. The lowest BCUT2D eigenvalue weighted by atomic mass is 10.1. The first-order chi connectivity index (χ1) is 7.27. The Balaban J connectivity index is 2.65. The monoisotopic (exact) mass is 221 g/mol. The van der Waals surface area contributed by atoms with Crippen molar-refractivity contribution >= 4 is 17.2 Å². The van der Waals surface area contributed by atoms with E-state index in [1.165, 1.54) is 4.88 Å². The summed E-state index contributed by atoms with van der Waals surface area (Å²) in [5, 5.41) is 4.94. The molecule has 80 valence electrons. The summed E-state index contributed by atoms with van der Waals surface area (Å²) in [6, 6.07) is 4.16. The van der Waals surface area contributed by atoms with E-state index in [4.69, 9.17) is 0 Å². The van der Waals surface area contributed by atoms with E-state index < -0.39 is 0 Å². The van der Waals surface area contributed by atoms with Crippen molar-refractivity contribution in [3.05, 3.63) is 22.4 Å². The largest absolute Gasteiger partial charge is 0.338 e. The van der Waals surface area contributed by atoms with Crippen LogP contribution in [-0.4, -0.2) is 5.91 Å². The quantitative estimate of drug-likeness (QED) is 0.778. The van der Waals surface area contributed by atoms with E-state index >= 15 is 0 Å². The molecule has 3 heteroatoms. The smallest absolute Gasteiger partial charge is 0.296 e. The summed E-state index contributed by atoms with van der Waals surface area (Å²) in [4.78, 5) is 12.5. The highest BCUT2D eigenvalue weighted by atomic mass is 32.1. The first kappa shape index (κ1) is 11.8. The fourth-order valence-corrected chi connectivity index (χ4v) is 2.18. The zero-order valence-electron chi connectivity index (χ0n) is 9.04.